The third kappa shape index (κ3) is 4.84. The molecule has 3 heterocycles. The molecule has 0 saturated heterocycles. The summed E-state index contributed by atoms with van der Waals surface area (Å²) in [5, 5.41) is 7.41. The Bertz CT molecular complexity index is 999. The lowest BCUT2D eigenvalue weighted by Crippen LogP contribution is -2.33. The van der Waals surface area contributed by atoms with Crippen LogP contribution in [0, 0.1) is 5.92 Å². The number of hydrogen-bond donors (Lipinski definition) is 1. The van der Waals surface area contributed by atoms with Crippen LogP contribution in [-0.2, 0) is 16.0 Å². The van der Waals surface area contributed by atoms with Crippen LogP contribution in [-0.4, -0.2) is 44.9 Å². The molecule has 1 N–H and O–H groups in total. The number of carbonyl (C=O) groups is 2. The van der Waals surface area contributed by atoms with Crippen molar-refractivity contribution >= 4 is 17.3 Å². The predicted molar refractivity (Wildman–Crippen MR) is 120 cm³/mol. The molecule has 1 aliphatic heterocycles. The Labute approximate surface area is 183 Å². The number of rotatable bonds is 8. The number of amides is 1. The van der Waals surface area contributed by atoms with Gasteiger partial charge < -0.3 is 4.90 Å². The topological polar surface area (TPSA) is 79.0 Å². The summed E-state index contributed by atoms with van der Waals surface area (Å²) >= 11 is 0. The number of pyridine rings is 1. The number of aromatic amines is 1. The van der Waals surface area contributed by atoms with E-state index in [4.69, 9.17) is 0 Å². The summed E-state index contributed by atoms with van der Waals surface area (Å²) < 4.78 is 0. The molecule has 2 aromatic heterocycles. The summed E-state index contributed by atoms with van der Waals surface area (Å²) in [6.07, 6.45) is 8.76. The second-order valence-electron chi connectivity index (χ2n) is 8.90. The lowest BCUT2D eigenvalue weighted by atomic mass is 9.84. The Hall–Kier alpha value is -3.02. The summed E-state index contributed by atoms with van der Waals surface area (Å²) in [6.45, 7) is 8.94. The summed E-state index contributed by atoms with van der Waals surface area (Å²) in [4.78, 5) is 31.3. The Kier molecular flexibility index (Phi) is 6.16. The average molecular weight is 419 g/mol. The first kappa shape index (κ1) is 21.2. The number of aromatic nitrogens is 3. The molecule has 1 atom stereocenters. The monoisotopic (exact) mass is 418 g/mol. The molecule has 0 spiro atoms. The normalized spacial score (nSPS) is 17.4. The number of hydrogen-bond acceptors (Lipinski definition) is 4. The SMILES string of the molecule is C=CC(=O)N1CC=C(c2ccc(C(C(=O)Cc3cc(C4CC4)n[nH]3)C(C)C)cn2)CC1. The molecule has 6 heteroatoms. The van der Waals surface area contributed by atoms with Gasteiger partial charge in [-0.1, -0.05) is 32.6 Å². The highest BCUT2D eigenvalue weighted by Crippen LogP contribution is 2.39. The van der Waals surface area contributed by atoms with Crippen molar-refractivity contribution in [2.75, 3.05) is 13.1 Å². The van der Waals surface area contributed by atoms with E-state index in [0.29, 0.717) is 25.4 Å². The van der Waals surface area contributed by atoms with Gasteiger partial charge in [0.15, 0.2) is 0 Å². The van der Waals surface area contributed by atoms with Crippen molar-refractivity contribution in [1.82, 2.24) is 20.1 Å². The molecule has 1 saturated carbocycles. The van der Waals surface area contributed by atoms with E-state index in [2.05, 4.69) is 35.6 Å². The van der Waals surface area contributed by atoms with Crippen LogP contribution >= 0.6 is 0 Å². The Balaban J connectivity index is 1.45. The average Bonchev–Trinajstić information content (AvgIpc) is 3.53. The van der Waals surface area contributed by atoms with Gasteiger partial charge in [0.05, 0.1) is 11.4 Å². The predicted octanol–water partition coefficient (Wildman–Crippen LogP) is 4.04. The van der Waals surface area contributed by atoms with Crippen LogP contribution < -0.4 is 0 Å². The van der Waals surface area contributed by atoms with Crippen molar-refractivity contribution in [2.45, 2.75) is 51.4 Å². The number of H-pyrrole nitrogens is 1. The molecule has 31 heavy (non-hydrogen) atoms. The Morgan fingerprint density at radius 3 is 2.71 bits per heavy atom. The van der Waals surface area contributed by atoms with E-state index in [1.54, 1.807) is 4.90 Å². The number of nitrogens with zero attached hydrogens (tertiary/aromatic N) is 3. The first-order valence-electron chi connectivity index (χ1n) is 11.1. The zero-order valence-electron chi connectivity index (χ0n) is 18.3. The lowest BCUT2D eigenvalue weighted by molar-refractivity contribution is -0.125. The van der Waals surface area contributed by atoms with Gasteiger partial charge >= 0.3 is 0 Å². The fraction of sp³-hybridized carbons (Fsp3) is 0.440. The highest BCUT2D eigenvalue weighted by molar-refractivity contribution is 5.88. The zero-order valence-corrected chi connectivity index (χ0v) is 18.3. The van der Waals surface area contributed by atoms with Crippen molar-refractivity contribution in [3.8, 4) is 0 Å². The fourth-order valence-electron chi connectivity index (χ4n) is 4.31. The third-order valence-corrected chi connectivity index (χ3v) is 6.19. The van der Waals surface area contributed by atoms with Gasteiger partial charge in [-0.05, 0) is 54.5 Å². The largest absolute Gasteiger partial charge is 0.335 e. The van der Waals surface area contributed by atoms with E-state index < -0.39 is 0 Å². The molecule has 2 aromatic rings. The maximum Gasteiger partial charge on any atom is 0.246 e. The summed E-state index contributed by atoms with van der Waals surface area (Å²) in [6, 6.07) is 6.07. The van der Waals surface area contributed by atoms with Crippen molar-refractivity contribution in [3.63, 3.8) is 0 Å². The van der Waals surface area contributed by atoms with E-state index >= 15 is 0 Å². The standard InChI is InChI=1S/C25H30N4O2/c1-4-24(31)29-11-9-18(10-12-29)21-8-7-19(15-26-21)25(16(2)3)23(30)14-20-13-22(28-27-20)17-5-6-17/h4,7-9,13,15-17,25H,1,5-6,10-12,14H2,2-3H3,(H,27,28). The number of Topliss-reactive ketones (excluding diaryl/α,β-unsaturated/α-hetero) is 1. The van der Waals surface area contributed by atoms with E-state index in [9.17, 15) is 9.59 Å². The quantitative estimate of drug-likeness (QED) is 0.657. The second kappa shape index (κ2) is 9.00. The lowest BCUT2D eigenvalue weighted by Gasteiger charge is -2.25. The van der Waals surface area contributed by atoms with Crippen LogP contribution in [0.4, 0.5) is 0 Å². The van der Waals surface area contributed by atoms with Crippen molar-refractivity contribution in [3.05, 3.63) is 65.8 Å². The molecule has 0 bridgehead atoms. The van der Waals surface area contributed by atoms with Gasteiger partial charge in [-0.3, -0.25) is 19.7 Å². The van der Waals surface area contributed by atoms with Gasteiger partial charge in [-0.15, -0.1) is 0 Å². The minimum Gasteiger partial charge on any atom is -0.335 e. The maximum absolute atomic E-state index is 13.1. The molecule has 1 fully saturated rings. The van der Waals surface area contributed by atoms with Crippen LogP contribution in [0.5, 0.6) is 0 Å². The Morgan fingerprint density at radius 2 is 2.13 bits per heavy atom. The summed E-state index contributed by atoms with van der Waals surface area (Å²) in [5.41, 5.74) is 4.98. The number of ketones is 1. The van der Waals surface area contributed by atoms with Gasteiger partial charge in [0.2, 0.25) is 5.91 Å². The first-order chi connectivity index (χ1) is 15.0. The van der Waals surface area contributed by atoms with Crippen LogP contribution in [0.25, 0.3) is 5.57 Å². The van der Waals surface area contributed by atoms with Gasteiger partial charge in [0.1, 0.15) is 5.78 Å². The van der Waals surface area contributed by atoms with Crippen LogP contribution in [0.1, 0.15) is 67.6 Å². The number of nitrogens with one attached hydrogen (secondary N) is 1. The van der Waals surface area contributed by atoms with Crippen molar-refractivity contribution < 1.29 is 9.59 Å². The Morgan fingerprint density at radius 1 is 1.32 bits per heavy atom. The molecule has 1 amide bonds. The highest BCUT2D eigenvalue weighted by Gasteiger charge is 2.28. The highest BCUT2D eigenvalue weighted by atomic mass is 16.2. The molecule has 162 valence electrons. The van der Waals surface area contributed by atoms with Crippen molar-refractivity contribution in [1.29, 1.82) is 0 Å². The molecular weight excluding hydrogens is 388 g/mol. The smallest absolute Gasteiger partial charge is 0.246 e. The molecule has 6 nitrogen and oxygen atoms in total. The summed E-state index contributed by atoms with van der Waals surface area (Å²) in [7, 11) is 0. The third-order valence-electron chi connectivity index (χ3n) is 6.19. The molecule has 0 aromatic carbocycles. The van der Waals surface area contributed by atoms with Gasteiger partial charge in [-0.2, -0.15) is 5.10 Å². The zero-order chi connectivity index (χ0) is 22.0. The maximum atomic E-state index is 13.1. The fourth-order valence-corrected chi connectivity index (χ4v) is 4.31. The summed E-state index contributed by atoms with van der Waals surface area (Å²) in [5.74, 6) is 0.701. The van der Waals surface area contributed by atoms with Crippen LogP contribution in [0.2, 0.25) is 0 Å². The molecular formula is C25H30N4O2. The minimum atomic E-state index is -0.199. The van der Waals surface area contributed by atoms with E-state index in [1.165, 1.54) is 18.9 Å². The molecule has 1 unspecified atom stereocenters. The molecule has 0 radical (unpaired) electrons. The van der Waals surface area contributed by atoms with E-state index in [1.807, 2.05) is 30.5 Å². The molecule has 4 rings (SSSR count). The van der Waals surface area contributed by atoms with Crippen LogP contribution in [0.15, 0.2) is 43.1 Å². The van der Waals surface area contributed by atoms with Crippen LogP contribution in [0.3, 0.4) is 0 Å². The van der Waals surface area contributed by atoms with E-state index in [-0.39, 0.29) is 23.5 Å². The van der Waals surface area contributed by atoms with E-state index in [0.717, 1.165) is 34.6 Å². The first-order valence-corrected chi connectivity index (χ1v) is 11.1. The van der Waals surface area contributed by atoms with Gasteiger partial charge in [0.25, 0.3) is 0 Å². The molecule has 1 aliphatic carbocycles. The second-order valence-corrected chi connectivity index (χ2v) is 8.90. The van der Waals surface area contributed by atoms with Gasteiger partial charge in [-0.25, -0.2) is 0 Å². The van der Waals surface area contributed by atoms with Crippen molar-refractivity contribution in [2.24, 2.45) is 5.92 Å². The minimum absolute atomic E-state index is 0.0431. The number of carbonyl (C=O) groups excluding carboxylic acids is 2. The molecule has 2 aliphatic rings. The van der Waals surface area contributed by atoms with Gasteiger partial charge in [0, 0.05) is 43.2 Å².